The summed E-state index contributed by atoms with van der Waals surface area (Å²) in [6, 6.07) is 0.593. The highest BCUT2D eigenvalue weighted by Crippen LogP contribution is 2.15. The van der Waals surface area contributed by atoms with Crippen LogP contribution >= 0.6 is 0 Å². The van der Waals surface area contributed by atoms with E-state index >= 15 is 0 Å². The number of hydrogen-bond acceptors (Lipinski definition) is 1. The van der Waals surface area contributed by atoms with Crippen LogP contribution in [0.1, 0.15) is 27.7 Å². The molecule has 0 heterocycles. The van der Waals surface area contributed by atoms with E-state index in [-0.39, 0.29) is 0 Å². The van der Waals surface area contributed by atoms with Crippen molar-refractivity contribution in [1.29, 1.82) is 0 Å². The molecular weight excluding hydrogens is 206 g/mol. The lowest BCUT2D eigenvalue weighted by Gasteiger charge is -2.28. The molecule has 0 bridgehead atoms. The van der Waals surface area contributed by atoms with Gasteiger partial charge in [-0.15, -0.1) is 0 Å². The van der Waals surface area contributed by atoms with Gasteiger partial charge in [-0.2, -0.15) is 0 Å². The van der Waals surface area contributed by atoms with E-state index in [9.17, 15) is 0 Å². The Bertz CT molecular complexity index is 284. The Labute approximate surface area is 107 Å². The summed E-state index contributed by atoms with van der Waals surface area (Å²) < 4.78 is 0. The normalized spacial score (nSPS) is 14.6. The van der Waals surface area contributed by atoms with Crippen LogP contribution in [-0.4, -0.2) is 24.0 Å². The minimum Gasteiger partial charge on any atom is -0.301 e. The molecule has 0 N–H and O–H groups in total. The van der Waals surface area contributed by atoms with Crippen LogP contribution in [0.3, 0.4) is 0 Å². The molecule has 0 aromatic heterocycles. The molecule has 1 heteroatoms. The summed E-state index contributed by atoms with van der Waals surface area (Å²) in [7, 11) is 0. The zero-order valence-corrected chi connectivity index (χ0v) is 11.8. The van der Waals surface area contributed by atoms with E-state index in [1.165, 1.54) is 5.57 Å². The second-order valence-electron chi connectivity index (χ2n) is 4.58. The van der Waals surface area contributed by atoms with Crippen LogP contribution in [-0.2, 0) is 0 Å². The lowest BCUT2D eigenvalue weighted by molar-refractivity contribution is 0.214. The van der Waals surface area contributed by atoms with Crippen LogP contribution in [0.15, 0.2) is 49.1 Å². The van der Waals surface area contributed by atoms with E-state index in [0.29, 0.717) is 12.0 Å². The maximum Gasteiger partial charge on any atom is 0.00502 e. The predicted molar refractivity (Wildman–Crippen MR) is 79.2 cm³/mol. The van der Waals surface area contributed by atoms with Crippen LogP contribution in [0.25, 0.3) is 0 Å². The first kappa shape index (κ1) is 15.9. The third-order valence-corrected chi connectivity index (χ3v) is 2.95. The zero-order valence-electron chi connectivity index (χ0n) is 11.8. The molecule has 0 aromatic carbocycles. The summed E-state index contributed by atoms with van der Waals surface area (Å²) in [5, 5.41) is 0. The van der Waals surface area contributed by atoms with Gasteiger partial charge in [-0.3, -0.25) is 0 Å². The van der Waals surface area contributed by atoms with E-state index in [0.717, 1.165) is 13.1 Å². The Kier molecular flexibility index (Phi) is 8.43. The number of nitrogens with zero attached hydrogens (tertiary/aromatic N) is 1. The summed E-state index contributed by atoms with van der Waals surface area (Å²) >= 11 is 0. The third kappa shape index (κ3) is 6.28. The fraction of sp³-hybridized carbons (Fsp3) is 0.500. The maximum atomic E-state index is 3.78. The standard InChI is InChI=1S/C16H27N/c1-7-10-12-16(11-8-2)15(6)13-17(9-3)14(4)5/h7-8,10-12,14-15H,1-2,9,13H2,3-6H3/b12-10-,16-11+. The molecule has 1 atom stereocenters. The van der Waals surface area contributed by atoms with E-state index < -0.39 is 0 Å². The molecule has 0 aliphatic rings. The summed E-state index contributed by atoms with van der Waals surface area (Å²) in [4.78, 5) is 2.48. The molecule has 0 aliphatic carbocycles. The molecule has 1 unspecified atom stereocenters. The molecular formula is C16H27N. The molecule has 0 aliphatic heterocycles. The number of allylic oxidation sites excluding steroid dienone is 5. The van der Waals surface area contributed by atoms with Gasteiger partial charge >= 0.3 is 0 Å². The highest BCUT2D eigenvalue weighted by atomic mass is 15.1. The summed E-state index contributed by atoms with van der Waals surface area (Å²) in [5.74, 6) is 0.506. The van der Waals surface area contributed by atoms with Crippen LogP contribution in [0.5, 0.6) is 0 Å². The van der Waals surface area contributed by atoms with Crippen molar-refractivity contribution in [3.8, 4) is 0 Å². The first-order valence-corrected chi connectivity index (χ1v) is 6.42. The lowest BCUT2D eigenvalue weighted by Crippen LogP contribution is -2.34. The van der Waals surface area contributed by atoms with Gasteiger partial charge in [0.15, 0.2) is 0 Å². The smallest absolute Gasteiger partial charge is 0.00502 e. The van der Waals surface area contributed by atoms with E-state index in [2.05, 4.69) is 57.9 Å². The van der Waals surface area contributed by atoms with Gasteiger partial charge in [0.1, 0.15) is 0 Å². The number of rotatable bonds is 8. The van der Waals surface area contributed by atoms with Crippen LogP contribution in [0.4, 0.5) is 0 Å². The van der Waals surface area contributed by atoms with Crippen molar-refractivity contribution in [1.82, 2.24) is 4.90 Å². The fourth-order valence-corrected chi connectivity index (χ4v) is 1.86. The quantitative estimate of drug-likeness (QED) is 0.568. The average molecular weight is 233 g/mol. The van der Waals surface area contributed by atoms with Gasteiger partial charge in [0.05, 0.1) is 0 Å². The molecule has 17 heavy (non-hydrogen) atoms. The van der Waals surface area contributed by atoms with Gasteiger partial charge in [-0.1, -0.05) is 57.4 Å². The van der Waals surface area contributed by atoms with Gasteiger partial charge in [0.25, 0.3) is 0 Å². The molecule has 0 fully saturated rings. The number of hydrogen-bond donors (Lipinski definition) is 0. The van der Waals surface area contributed by atoms with E-state index in [1.54, 1.807) is 0 Å². The predicted octanol–water partition coefficient (Wildman–Crippen LogP) is 4.21. The van der Waals surface area contributed by atoms with Gasteiger partial charge < -0.3 is 4.90 Å². The Balaban J connectivity index is 4.67. The Hall–Kier alpha value is -1.08. The molecule has 0 rings (SSSR count). The monoisotopic (exact) mass is 233 g/mol. The summed E-state index contributed by atoms with van der Waals surface area (Å²) in [6.45, 7) is 18.6. The summed E-state index contributed by atoms with van der Waals surface area (Å²) in [5.41, 5.74) is 1.30. The molecule has 96 valence electrons. The van der Waals surface area contributed by atoms with Gasteiger partial charge in [0, 0.05) is 12.6 Å². The van der Waals surface area contributed by atoms with E-state index in [4.69, 9.17) is 0 Å². The highest BCUT2D eigenvalue weighted by Gasteiger charge is 2.13. The second kappa shape index (κ2) is 9.00. The van der Waals surface area contributed by atoms with Crippen molar-refractivity contribution in [3.63, 3.8) is 0 Å². The van der Waals surface area contributed by atoms with Crippen molar-refractivity contribution in [2.45, 2.75) is 33.7 Å². The van der Waals surface area contributed by atoms with Gasteiger partial charge in [-0.25, -0.2) is 0 Å². The van der Waals surface area contributed by atoms with Crippen molar-refractivity contribution < 1.29 is 0 Å². The van der Waals surface area contributed by atoms with Crippen molar-refractivity contribution in [3.05, 3.63) is 49.1 Å². The average Bonchev–Trinajstić information content (AvgIpc) is 2.30. The Morgan fingerprint density at radius 1 is 1.18 bits per heavy atom. The SMILES string of the molecule is C=C/C=C\C(=C/C=C)C(C)CN(CC)C(C)C. The van der Waals surface area contributed by atoms with Crippen LogP contribution in [0.2, 0.25) is 0 Å². The van der Waals surface area contributed by atoms with E-state index in [1.807, 2.05) is 18.2 Å². The molecule has 0 saturated heterocycles. The molecule has 0 aromatic rings. The Morgan fingerprint density at radius 2 is 1.82 bits per heavy atom. The largest absolute Gasteiger partial charge is 0.301 e. The first-order valence-electron chi connectivity index (χ1n) is 6.42. The zero-order chi connectivity index (χ0) is 13.3. The van der Waals surface area contributed by atoms with Crippen molar-refractivity contribution in [2.24, 2.45) is 5.92 Å². The Morgan fingerprint density at radius 3 is 2.24 bits per heavy atom. The first-order chi connectivity index (χ1) is 8.06. The molecule has 0 radical (unpaired) electrons. The maximum absolute atomic E-state index is 3.78. The summed E-state index contributed by atoms with van der Waals surface area (Å²) in [6.07, 6.45) is 9.85. The minimum atomic E-state index is 0.506. The second-order valence-corrected chi connectivity index (χ2v) is 4.58. The molecule has 0 amide bonds. The van der Waals surface area contributed by atoms with Crippen molar-refractivity contribution in [2.75, 3.05) is 13.1 Å². The van der Waals surface area contributed by atoms with Crippen LogP contribution < -0.4 is 0 Å². The third-order valence-electron chi connectivity index (χ3n) is 2.95. The van der Waals surface area contributed by atoms with Crippen molar-refractivity contribution >= 4 is 0 Å². The molecule has 0 spiro atoms. The van der Waals surface area contributed by atoms with Gasteiger partial charge in [-0.05, 0) is 31.9 Å². The van der Waals surface area contributed by atoms with Crippen LogP contribution in [0, 0.1) is 5.92 Å². The molecule has 0 saturated carbocycles. The fourth-order valence-electron chi connectivity index (χ4n) is 1.86. The van der Waals surface area contributed by atoms with Gasteiger partial charge in [0.2, 0.25) is 0 Å². The molecule has 1 nitrogen and oxygen atoms in total. The lowest BCUT2D eigenvalue weighted by atomic mass is 9.98. The highest BCUT2D eigenvalue weighted by molar-refractivity contribution is 5.27. The minimum absolute atomic E-state index is 0.506. The topological polar surface area (TPSA) is 3.24 Å².